The molecule has 0 saturated carbocycles. The van der Waals surface area contributed by atoms with E-state index in [2.05, 4.69) is 10.2 Å². The van der Waals surface area contributed by atoms with Crippen LogP contribution in [0.25, 0.3) is 0 Å². The summed E-state index contributed by atoms with van der Waals surface area (Å²) in [5, 5.41) is 12.5. The van der Waals surface area contributed by atoms with Gasteiger partial charge in [-0.05, 0) is 17.7 Å². The van der Waals surface area contributed by atoms with Crippen molar-refractivity contribution < 1.29 is 14.6 Å². The Morgan fingerprint density at radius 1 is 1.42 bits per heavy atom. The zero-order valence-corrected chi connectivity index (χ0v) is 11.3. The van der Waals surface area contributed by atoms with Crippen molar-refractivity contribution >= 4 is 11.6 Å². The molecule has 5 nitrogen and oxygen atoms in total. The standard InChI is InChI=1S/C14H20N2O3/c1-10(17)15-12-5-3-11(4-6-12)7-16-8-13(18)14(9-16)19-2/h3-6,13-14,18H,7-9H2,1-2H3,(H,15,17)/t13-,14-/m0/s1. The first-order valence-corrected chi connectivity index (χ1v) is 6.38. The minimum Gasteiger partial charge on any atom is -0.389 e. The largest absolute Gasteiger partial charge is 0.389 e. The molecular formula is C14H20N2O3. The molecule has 1 fully saturated rings. The Bertz CT molecular complexity index is 433. The van der Waals surface area contributed by atoms with Crippen molar-refractivity contribution in [2.24, 2.45) is 0 Å². The third-order valence-electron chi connectivity index (χ3n) is 3.30. The van der Waals surface area contributed by atoms with Gasteiger partial charge in [-0.25, -0.2) is 0 Å². The van der Waals surface area contributed by atoms with E-state index in [0.717, 1.165) is 24.3 Å². The van der Waals surface area contributed by atoms with Crippen molar-refractivity contribution in [3.05, 3.63) is 29.8 Å². The zero-order valence-electron chi connectivity index (χ0n) is 11.3. The van der Waals surface area contributed by atoms with Gasteiger partial charge in [-0.1, -0.05) is 12.1 Å². The van der Waals surface area contributed by atoms with Crippen molar-refractivity contribution in [3.63, 3.8) is 0 Å². The van der Waals surface area contributed by atoms with Gasteiger partial charge < -0.3 is 15.2 Å². The Balaban J connectivity index is 1.91. The van der Waals surface area contributed by atoms with Gasteiger partial charge in [-0.15, -0.1) is 0 Å². The highest BCUT2D eigenvalue weighted by atomic mass is 16.5. The molecule has 2 rings (SSSR count). The zero-order chi connectivity index (χ0) is 13.8. The van der Waals surface area contributed by atoms with Gasteiger partial charge >= 0.3 is 0 Å². The second kappa shape index (κ2) is 6.14. The second-order valence-electron chi connectivity index (χ2n) is 4.91. The molecule has 1 amide bonds. The molecule has 1 aliphatic rings. The number of aliphatic hydroxyl groups excluding tert-OH is 1. The number of benzene rings is 1. The number of rotatable bonds is 4. The number of aliphatic hydroxyl groups is 1. The van der Waals surface area contributed by atoms with E-state index in [1.54, 1.807) is 7.11 Å². The topological polar surface area (TPSA) is 61.8 Å². The summed E-state index contributed by atoms with van der Waals surface area (Å²) in [5.41, 5.74) is 1.95. The monoisotopic (exact) mass is 264 g/mol. The van der Waals surface area contributed by atoms with Crippen LogP contribution in [0, 0.1) is 0 Å². The summed E-state index contributed by atoms with van der Waals surface area (Å²) in [7, 11) is 1.62. The van der Waals surface area contributed by atoms with Crippen LogP contribution in [0.15, 0.2) is 24.3 Å². The molecule has 1 aromatic rings. The van der Waals surface area contributed by atoms with Crippen LogP contribution >= 0.6 is 0 Å². The number of hydrogen-bond acceptors (Lipinski definition) is 4. The number of β-amino-alcohol motifs (C(OH)–C–C–N with tert-alkyl or cyclic N) is 1. The number of amides is 1. The Morgan fingerprint density at radius 2 is 2.11 bits per heavy atom. The molecule has 0 aromatic heterocycles. The molecule has 1 heterocycles. The van der Waals surface area contributed by atoms with Crippen LogP contribution in [0.4, 0.5) is 5.69 Å². The fourth-order valence-corrected chi connectivity index (χ4v) is 2.35. The van der Waals surface area contributed by atoms with Crippen LogP contribution in [0.3, 0.4) is 0 Å². The average molecular weight is 264 g/mol. The molecule has 1 aliphatic heterocycles. The SMILES string of the molecule is CO[C@H]1CN(Cc2ccc(NC(C)=O)cc2)C[C@@H]1O. The molecule has 0 aliphatic carbocycles. The van der Waals surface area contributed by atoms with Crippen molar-refractivity contribution in [1.82, 2.24) is 4.90 Å². The summed E-state index contributed by atoms with van der Waals surface area (Å²) in [5.74, 6) is -0.0710. The minimum atomic E-state index is -0.413. The molecule has 0 bridgehead atoms. The van der Waals surface area contributed by atoms with Crippen LogP contribution < -0.4 is 5.32 Å². The Hall–Kier alpha value is -1.43. The van der Waals surface area contributed by atoms with Gasteiger partial charge in [0.05, 0.1) is 12.2 Å². The molecule has 0 unspecified atom stereocenters. The number of anilines is 1. The first-order chi connectivity index (χ1) is 9.08. The van der Waals surface area contributed by atoms with E-state index in [9.17, 15) is 9.90 Å². The Kier molecular flexibility index (Phi) is 4.52. The number of hydrogen-bond donors (Lipinski definition) is 2. The van der Waals surface area contributed by atoms with E-state index < -0.39 is 6.10 Å². The summed E-state index contributed by atoms with van der Waals surface area (Å²) < 4.78 is 5.22. The van der Waals surface area contributed by atoms with Crippen LogP contribution in [0.1, 0.15) is 12.5 Å². The molecule has 1 aromatic carbocycles. The molecule has 19 heavy (non-hydrogen) atoms. The first-order valence-electron chi connectivity index (χ1n) is 6.38. The van der Waals surface area contributed by atoms with E-state index >= 15 is 0 Å². The summed E-state index contributed by atoms with van der Waals surface area (Å²) >= 11 is 0. The number of carbonyl (C=O) groups excluding carboxylic acids is 1. The van der Waals surface area contributed by atoms with Crippen molar-refractivity contribution in [1.29, 1.82) is 0 Å². The van der Waals surface area contributed by atoms with E-state index in [4.69, 9.17) is 4.74 Å². The van der Waals surface area contributed by atoms with E-state index in [1.165, 1.54) is 6.92 Å². The number of methoxy groups -OCH3 is 1. The van der Waals surface area contributed by atoms with Gasteiger partial charge in [-0.2, -0.15) is 0 Å². The molecule has 0 spiro atoms. The van der Waals surface area contributed by atoms with E-state index in [0.29, 0.717) is 6.54 Å². The smallest absolute Gasteiger partial charge is 0.221 e. The summed E-state index contributed by atoms with van der Waals surface area (Å²) in [6.07, 6.45) is -0.512. The molecule has 5 heteroatoms. The molecule has 1 saturated heterocycles. The van der Waals surface area contributed by atoms with E-state index in [-0.39, 0.29) is 12.0 Å². The van der Waals surface area contributed by atoms with Crippen molar-refractivity contribution in [2.75, 3.05) is 25.5 Å². The van der Waals surface area contributed by atoms with Crippen LogP contribution in [0.5, 0.6) is 0 Å². The molecule has 0 radical (unpaired) electrons. The van der Waals surface area contributed by atoms with Crippen LogP contribution in [-0.4, -0.2) is 48.3 Å². The van der Waals surface area contributed by atoms with Crippen LogP contribution in [0.2, 0.25) is 0 Å². The third-order valence-corrected chi connectivity index (χ3v) is 3.30. The van der Waals surface area contributed by atoms with Crippen molar-refractivity contribution in [2.45, 2.75) is 25.7 Å². The maximum absolute atomic E-state index is 10.9. The third kappa shape index (κ3) is 3.76. The quantitative estimate of drug-likeness (QED) is 0.846. The fraction of sp³-hybridized carbons (Fsp3) is 0.500. The van der Waals surface area contributed by atoms with Gasteiger partial charge in [0.1, 0.15) is 0 Å². The molecule has 2 atom stereocenters. The number of carbonyl (C=O) groups is 1. The Morgan fingerprint density at radius 3 is 2.63 bits per heavy atom. The lowest BCUT2D eigenvalue weighted by atomic mass is 10.2. The maximum atomic E-state index is 10.9. The average Bonchev–Trinajstić information content (AvgIpc) is 2.71. The highest BCUT2D eigenvalue weighted by Gasteiger charge is 2.30. The molecule has 2 N–H and O–H groups in total. The fourth-order valence-electron chi connectivity index (χ4n) is 2.35. The maximum Gasteiger partial charge on any atom is 0.221 e. The van der Waals surface area contributed by atoms with Gasteiger partial charge in [-0.3, -0.25) is 9.69 Å². The summed E-state index contributed by atoms with van der Waals surface area (Å²) in [4.78, 5) is 13.1. The van der Waals surface area contributed by atoms with Gasteiger partial charge in [0.15, 0.2) is 0 Å². The predicted octanol–water partition coefficient (Wildman–Crippen LogP) is 0.837. The number of likely N-dealkylation sites (tertiary alicyclic amines) is 1. The number of nitrogens with zero attached hydrogens (tertiary/aromatic N) is 1. The van der Waals surface area contributed by atoms with Gasteiger partial charge in [0.25, 0.3) is 0 Å². The normalized spacial score (nSPS) is 23.5. The molecule has 104 valence electrons. The summed E-state index contributed by atoms with van der Waals surface area (Å²) in [6, 6.07) is 7.74. The van der Waals surface area contributed by atoms with Crippen molar-refractivity contribution in [3.8, 4) is 0 Å². The second-order valence-corrected chi connectivity index (χ2v) is 4.91. The lowest BCUT2D eigenvalue weighted by molar-refractivity contribution is -0.114. The highest BCUT2D eigenvalue weighted by molar-refractivity contribution is 5.88. The highest BCUT2D eigenvalue weighted by Crippen LogP contribution is 2.17. The Labute approximate surface area is 113 Å². The lowest BCUT2D eigenvalue weighted by Crippen LogP contribution is -2.25. The lowest BCUT2D eigenvalue weighted by Gasteiger charge is -2.15. The number of ether oxygens (including phenoxy) is 1. The first kappa shape index (κ1) is 14.0. The predicted molar refractivity (Wildman–Crippen MR) is 72.8 cm³/mol. The van der Waals surface area contributed by atoms with Crippen LogP contribution in [-0.2, 0) is 16.1 Å². The van der Waals surface area contributed by atoms with E-state index in [1.807, 2.05) is 24.3 Å². The molecular weight excluding hydrogens is 244 g/mol. The minimum absolute atomic E-state index is 0.0710. The van der Waals surface area contributed by atoms with Gasteiger partial charge in [0, 0.05) is 39.4 Å². The number of nitrogens with one attached hydrogen (secondary N) is 1. The van der Waals surface area contributed by atoms with Gasteiger partial charge in [0.2, 0.25) is 5.91 Å². The summed E-state index contributed by atoms with van der Waals surface area (Å²) in [6.45, 7) is 3.64.